The van der Waals surface area contributed by atoms with Crippen molar-refractivity contribution in [2.75, 3.05) is 5.73 Å². The average molecular weight is 217 g/mol. The molecule has 82 valence electrons. The maximum Gasteiger partial charge on any atom is 0.165 e. The van der Waals surface area contributed by atoms with Gasteiger partial charge in [-0.3, -0.25) is 0 Å². The van der Waals surface area contributed by atoms with E-state index in [1.165, 1.54) is 6.07 Å². The molecule has 16 heavy (non-hydrogen) atoms. The van der Waals surface area contributed by atoms with E-state index in [0.29, 0.717) is 11.4 Å². The van der Waals surface area contributed by atoms with Crippen molar-refractivity contribution >= 4 is 5.69 Å². The van der Waals surface area contributed by atoms with E-state index in [0.717, 1.165) is 5.56 Å². The monoisotopic (exact) mass is 217 g/mol. The van der Waals surface area contributed by atoms with E-state index in [-0.39, 0.29) is 5.75 Å². The molecule has 0 saturated heterocycles. The molecule has 0 spiro atoms. The van der Waals surface area contributed by atoms with Crippen LogP contribution >= 0.6 is 0 Å². The third kappa shape index (κ3) is 1.98. The van der Waals surface area contributed by atoms with Crippen LogP contribution in [-0.4, -0.2) is 0 Å². The lowest BCUT2D eigenvalue weighted by molar-refractivity contribution is 0.441. The Bertz CT molecular complexity index is 491. The molecular weight excluding hydrogens is 205 g/mol. The Hall–Kier alpha value is -2.03. The van der Waals surface area contributed by atoms with E-state index in [1.54, 1.807) is 24.3 Å². The first-order valence-corrected chi connectivity index (χ1v) is 4.96. The second-order valence-electron chi connectivity index (χ2n) is 3.53. The fourth-order valence-corrected chi connectivity index (χ4v) is 1.45. The first kappa shape index (κ1) is 10.5. The van der Waals surface area contributed by atoms with E-state index >= 15 is 0 Å². The standard InChI is InChI=1S/C13H12FNO/c1-9-5-4-7-11(15)13(9)16-12-8-3-2-6-10(12)14/h2-8H,15H2,1H3. The Kier molecular flexibility index (Phi) is 2.77. The highest BCUT2D eigenvalue weighted by Crippen LogP contribution is 2.31. The van der Waals surface area contributed by atoms with Crippen LogP contribution in [0, 0.1) is 12.7 Å². The summed E-state index contributed by atoms with van der Waals surface area (Å²) in [7, 11) is 0. The topological polar surface area (TPSA) is 35.2 Å². The molecule has 0 heterocycles. The first-order chi connectivity index (χ1) is 7.68. The molecule has 0 aliphatic carbocycles. The summed E-state index contributed by atoms with van der Waals surface area (Å²) in [6.07, 6.45) is 0. The van der Waals surface area contributed by atoms with Crippen molar-refractivity contribution in [2.45, 2.75) is 6.92 Å². The third-order valence-corrected chi connectivity index (χ3v) is 2.29. The van der Waals surface area contributed by atoms with E-state index in [2.05, 4.69) is 0 Å². The van der Waals surface area contributed by atoms with Gasteiger partial charge in [-0.25, -0.2) is 4.39 Å². The van der Waals surface area contributed by atoms with Crippen LogP contribution in [0.4, 0.5) is 10.1 Å². The zero-order valence-electron chi connectivity index (χ0n) is 8.91. The summed E-state index contributed by atoms with van der Waals surface area (Å²) in [5.41, 5.74) is 7.15. The minimum Gasteiger partial charge on any atom is -0.452 e. The molecule has 0 aliphatic rings. The smallest absolute Gasteiger partial charge is 0.165 e. The van der Waals surface area contributed by atoms with E-state index < -0.39 is 5.82 Å². The van der Waals surface area contributed by atoms with Crippen LogP contribution in [0.2, 0.25) is 0 Å². The molecule has 0 radical (unpaired) electrons. The zero-order valence-corrected chi connectivity index (χ0v) is 8.91. The highest BCUT2D eigenvalue weighted by molar-refractivity contribution is 5.57. The number of nitrogen functional groups attached to an aromatic ring is 1. The molecule has 2 nitrogen and oxygen atoms in total. The lowest BCUT2D eigenvalue weighted by Gasteiger charge is -2.11. The predicted octanol–water partition coefficient (Wildman–Crippen LogP) is 3.51. The lowest BCUT2D eigenvalue weighted by atomic mass is 10.2. The van der Waals surface area contributed by atoms with Crippen molar-refractivity contribution in [1.82, 2.24) is 0 Å². The maximum atomic E-state index is 13.4. The van der Waals surface area contributed by atoms with Crippen molar-refractivity contribution in [3.05, 3.63) is 53.8 Å². The van der Waals surface area contributed by atoms with Crippen molar-refractivity contribution in [3.8, 4) is 11.5 Å². The number of benzene rings is 2. The summed E-state index contributed by atoms with van der Waals surface area (Å²) in [5, 5.41) is 0. The summed E-state index contributed by atoms with van der Waals surface area (Å²) in [6.45, 7) is 1.87. The van der Waals surface area contributed by atoms with Crippen molar-refractivity contribution in [3.63, 3.8) is 0 Å². The summed E-state index contributed by atoms with van der Waals surface area (Å²) < 4.78 is 18.8. The molecule has 0 fully saturated rings. The molecule has 2 N–H and O–H groups in total. The van der Waals surface area contributed by atoms with Crippen LogP contribution < -0.4 is 10.5 Å². The summed E-state index contributed by atoms with van der Waals surface area (Å²) in [6, 6.07) is 11.7. The second-order valence-corrected chi connectivity index (χ2v) is 3.53. The van der Waals surface area contributed by atoms with Gasteiger partial charge < -0.3 is 10.5 Å². The summed E-state index contributed by atoms with van der Waals surface area (Å²) >= 11 is 0. The molecular formula is C13H12FNO. The molecule has 2 rings (SSSR count). The lowest BCUT2D eigenvalue weighted by Crippen LogP contribution is -1.95. The van der Waals surface area contributed by atoms with Gasteiger partial charge in [0.15, 0.2) is 17.3 Å². The maximum absolute atomic E-state index is 13.4. The zero-order chi connectivity index (χ0) is 11.5. The van der Waals surface area contributed by atoms with Gasteiger partial charge in [-0.05, 0) is 30.7 Å². The van der Waals surface area contributed by atoms with Gasteiger partial charge in [0, 0.05) is 0 Å². The third-order valence-electron chi connectivity index (χ3n) is 2.29. The number of hydrogen-bond acceptors (Lipinski definition) is 2. The van der Waals surface area contributed by atoms with Crippen LogP contribution in [0.1, 0.15) is 5.56 Å². The van der Waals surface area contributed by atoms with Gasteiger partial charge in [0.05, 0.1) is 5.69 Å². The van der Waals surface area contributed by atoms with Gasteiger partial charge in [-0.2, -0.15) is 0 Å². The summed E-state index contributed by atoms with van der Waals surface area (Å²) in [4.78, 5) is 0. The highest BCUT2D eigenvalue weighted by Gasteiger charge is 2.08. The van der Waals surface area contributed by atoms with Gasteiger partial charge in [-0.1, -0.05) is 24.3 Å². The molecule has 0 unspecified atom stereocenters. The van der Waals surface area contributed by atoms with Gasteiger partial charge in [0.25, 0.3) is 0 Å². The predicted molar refractivity (Wildman–Crippen MR) is 62.1 cm³/mol. The van der Waals surface area contributed by atoms with Crippen molar-refractivity contribution in [1.29, 1.82) is 0 Å². The van der Waals surface area contributed by atoms with Crippen LogP contribution in [0.5, 0.6) is 11.5 Å². The Balaban J connectivity index is 2.38. The van der Waals surface area contributed by atoms with E-state index in [9.17, 15) is 4.39 Å². The number of ether oxygens (including phenoxy) is 1. The van der Waals surface area contributed by atoms with Crippen LogP contribution in [0.3, 0.4) is 0 Å². The van der Waals surface area contributed by atoms with Gasteiger partial charge in [0.2, 0.25) is 0 Å². The Morgan fingerprint density at radius 1 is 1.06 bits per heavy atom. The first-order valence-electron chi connectivity index (χ1n) is 4.96. The molecule has 0 aromatic heterocycles. The van der Waals surface area contributed by atoms with Gasteiger partial charge >= 0.3 is 0 Å². The number of para-hydroxylation sites is 2. The Labute approximate surface area is 93.5 Å². The Morgan fingerprint density at radius 3 is 2.50 bits per heavy atom. The molecule has 3 heteroatoms. The number of rotatable bonds is 2. The molecule has 2 aromatic rings. The highest BCUT2D eigenvalue weighted by atomic mass is 19.1. The fourth-order valence-electron chi connectivity index (χ4n) is 1.45. The molecule has 0 saturated carbocycles. The molecule has 0 bridgehead atoms. The molecule has 0 amide bonds. The molecule has 0 aliphatic heterocycles. The SMILES string of the molecule is Cc1cccc(N)c1Oc1ccccc1F. The van der Waals surface area contributed by atoms with Crippen molar-refractivity contribution < 1.29 is 9.13 Å². The number of halogens is 1. The fraction of sp³-hybridized carbons (Fsp3) is 0.0769. The largest absolute Gasteiger partial charge is 0.452 e. The van der Waals surface area contributed by atoms with Gasteiger partial charge in [0.1, 0.15) is 0 Å². The Morgan fingerprint density at radius 2 is 1.81 bits per heavy atom. The normalized spacial score (nSPS) is 10.1. The number of anilines is 1. The second kappa shape index (κ2) is 4.23. The number of aryl methyl sites for hydroxylation is 1. The minimum absolute atomic E-state index is 0.184. The van der Waals surface area contributed by atoms with Crippen molar-refractivity contribution in [2.24, 2.45) is 0 Å². The van der Waals surface area contributed by atoms with E-state index in [1.807, 2.05) is 19.1 Å². The average Bonchev–Trinajstić information content (AvgIpc) is 2.26. The van der Waals surface area contributed by atoms with Crippen LogP contribution in [-0.2, 0) is 0 Å². The van der Waals surface area contributed by atoms with Crippen LogP contribution in [0.15, 0.2) is 42.5 Å². The number of nitrogens with two attached hydrogens (primary N) is 1. The molecule has 2 aromatic carbocycles. The minimum atomic E-state index is -0.398. The number of hydrogen-bond donors (Lipinski definition) is 1. The summed E-state index contributed by atoms with van der Waals surface area (Å²) in [5.74, 6) is 0.293. The van der Waals surface area contributed by atoms with Gasteiger partial charge in [-0.15, -0.1) is 0 Å². The van der Waals surface area contributed by atoms with Crippen LogP contribution in [0.25, 0.3) is 0 Å². The quantitative estimate of drug-likeness (QED) is 0.781. The van der Waals surface area contributed by atoms with E-state index in [4.69, 9.17) is 10.5 Å². The molecule has 0 atom stereocenters.